The topological polar surface area (TPSA) is 90.7 Å². The van der Waals surface area contributed by atoms with Crippen LogP contribution in [-0.4, -0.2) is 25.0 Å². The number of nitrogens with one attached hydrogen (secondary N) is 1. The van der Waals surface area contributed by atoms with Gasteiger partial charge in [-0.25, -0.2) is 0 Å². The molecule has 6 heteroatoms. The summed E-state index contributed by atoms with van der Waals surface area (Å²) in [6, 6.07) is 11.4. The summed E-state index contributed by atoms with van der Waals surface area (Å²) in [6.07, 6.45) is 0. The third-order valence-electron chi connectivity index (χ3n) is 3.23. The van der Waals surface area contributed by atoms with E-state index >= 15 is 0 Å². The molecule has 0 aromatic heterocycles. The van der Waals surface area contributed by atoms with Crippen molar-refractivity contribution in [2.75, 3.05) is 18.5 Å². The van der Waals surface area contributed by atoms with Gasteiger partial charge in [0.05, 0.1) is 0 Å². The number of anilines is 1. The molecule has 1 heterocycles. The highest BCUT2D eigenvalue weighted by Crippen LogP contribution is 2.30. The molecular weight excluding hydrogens is 284 g/mol. The van der Waals surface area contributed by atoms with Crippen molar-refractivity contribution in [3.05, 3.63) is 53.6 Å². The molecule has 22 heavy (non-hydrogen) atoms. The highest BCUT2D eigenvalue weighted by Gasteiger charge is 2.15. The first-order chi connectivity index (χ1) is 10.6. The largest absolute Gasteiger partial charge is 0.486 e. The summed E-state index contributed by atoms with van der Waals surface area (Å²) in [4.78, 5) is 23.2. The van der Waals surface area contributed by atoms with Gasteiger partial charge in [-0.1, -0.05) is 0 Å². The van der Waals surface area contributed by atoms with Crippen molar-refractivity contribution in [3.8, 4) is 11.5 Å². The Bertz CT molecular complexity index is 725. The minimum Gasteiger partial charge on any atom is -0.486 e. The van der Waals surface area contributed by atoms with Crippen LogP contribution in [0.5, 0.6) is 11.5 Å². The van der Waals surface area contributed by atoms with Crippen LogP contribution in [0.3, 0.4) is 0 Å². The molecule has 2 aromatic carbocycles. The predicted octanol–water partition coefficient (Wildman–Crippen LogP) is 1.81. The summed E-state index contributed by atoms with van der Waals surface area (Å²) >= 11 is 0. The van der Waals surface area contributed by atoms with Gasteiger partial charge in [-0.15, -0.1) is 0 Å². The number of benzene rings is 2. The van der Waals surface area contributed by atoms with E-state index in [0.29, 0.717) is 41.5 Å². The molecule has 1 aliphatic rings. The fourth-order valence-electron chi connectivity index (χ4n) is 2.11. The van der Waals surface area contributed by atoms with E-state index in [0.717, 1.165) is 0 Å². The third-order valence-corrected chi connectivity index (χ3v) is 3.23. The summed E-state index contributed by atoms with van der Waals surface area (Å²) in [7, 11) is 0. The number of carbonyl (C=O) groups excluding carboxylic acids is 2. The monoisotopic (exact) mass is 298 g/mol. The quantitative estimate of drug-likeness (QED) is 0.904. The molecule has 6 nitrogen and oxygen atoms in total. The molecule has 0 unspecified atom stereocenters. The van der Waals surface area contributed by atoms with Gasteiger partial charge in [-0.3, -0.25) is 9.59 Å². The predicted molar refractivity (Wildman–Crippen MR) is 80.3 cm³/mol. The van der Waals surface area contributed by atoms with Crippen LogP contribution in [-0.2, 0) is 0 Å². The SMILES string of the molecule is NC(=O)c1ccc(NC(=O)c2ccc3c(c2)OCCO3)cc1. The first-order valence-electron chi connectivity index (χ1n) is 6.74. The van der Waals surface area contributed by atoms with E-state index < -0.39 is 5.91 Å². The van der Waals surface area contributed by atoms with Crippen molar-refractivity contribution in [1.82, 2.24) is 0 Å². The average molecular weight is 298 g/mol. The van der Waals surface area contributed by atoms with E-state index in [9.17, 15) is 9.59 Å². The molecule has 0 fully saturated rings. The Hall–Kier alpha value is -3.02. The van der Waals surface area contributed by atoms with Gasteiger partial charge in [0.2, 0.25) is 5.91 Å². The lowest BCUT2D eigenvalue weighted by Gasteiger charge is -2.18. The van der Waals surface area contributed by atoms with Crippen molar-refractivity contribution in [2.24, 2.45) is 5.73 Å². The molecule has 0 saturated carbocycles. The first kappa shape index (κ1) is 13.9. The van der Waals surface area contributed by atoms with Crippen molar-refractivity contribution in [3.63, 3.8) is 0 Å². The number of fused-ring (bicyclic) bond motifs is 1. The highest BCUT2D eigenvalue weighted by molar-refractivity contribution is 6.05. The molecule has 3 rings (SSSR count). The standard InChI is InChI=1S/C16H14N2O4/c17-15(19)10-1-4-12(5-2-10)18-16(20)11-3-6-13-14(9-11)22-8-7-21-13/h1-6,9H,7-8H2,(H2,17,19)(H,18,20). The highest BCUT2D eigenvalue weighted by atomic mass is 16.6. The summed E-state index contributed by atoms with van der Waals surface area (Å²) in [5.74, 6) is 0.407. The fraction of sp³-hybridized carbons (Fsp3) is 0.125. The van der Waals surface area contributed by atoms with Gasteiger partial charge in [0.1, 0.15) is 13.2 Å². The van der Waals surface area contributed by atoms with Crippen LogP contribution in [0.2, 0.25) is 0 Å². The molecule has 0 saturated heterocycles. The van der Waals surface area contributed by atoms with Gasteiger partial charge < -0.3 is 20.5 Å². The normalized spacial score (nSPS) is 12.5. The minimum atomic E-state index is -0.510. The number of rotatable bonds is 3. The summed E-state index contributed by atoms with van der Waals surface area (Å²) in [6.45, 7) is 0.970. The van der Waals surface area contributed by atoms with E-state index in [1.165, 1.54) is 0 Å². The number of amides is 2. The van der Waals surface area contributed by atoms with Crippen LogP contribution in [0.15, 0.2) is 42.5 Å². The molecule has 1 aliphatic heterocycles. The number of hydrogen-bond acceptors (Lipinski definition) is 4. The Morgan fingerprint density at radius 2 is 1.55 bits per heavy atom. The van der Waals surface area contributed by atoms with E-state index in [-0.39, 0.29) is 5.91 Å². The van der Waals surface area contributed by atoms with Crippen LogP contribution in [0.4, 0.5) is 5.69 Å². The Morgan fingerprint density at radius 3 is 2.23 bits per heavy atom. The summed E-state index contributed by atoms with van der Waals surface area (Å²) in [5, 5.41) is 2.74. The smallest absolute Gasteiger partial charge is 0.255 e. The summed E-state index contributed by atoms with van der Waals surface area (Å²) in [5.41, 5.74) is 6.59. The van der Waals surface area contributed by atoms with E-state index in [1.807, 2.05) is 0 Å². The third kappa shape index (κ3) is 2.85. The molecule has 0 atom stereocenters. The van der Waals surface area contributed by atoms with Crippen molar-refractivity contribution in [1.29, 1.82) is 0 Å². The lowest BCUT2D eigenvalue weighted by atomic mass is 10.1. The maximum Gasteiger partial charge on any atom is 0.255 e. The van der Waals surface area contributed by atoms with Gasteiger partial charge in [-0.2, -0.15) is 0 Å². The van der Waals surface area contributed by atoms with Crippen LogP contribution >= 0.6 is 0 Å². The van der Waals surface area contributed by atoms with Crippen LogP contribution in [0.25, 0.3) is 0 Å². The molecule has 2 amide bonds. The first-order valence-corrected chi connectivity index (χ1v) is 6.74. The van der Waals surface area contributed by atoms with Crippen molar-refractivity contribution >= 4 is 17.5 Å². The van der Waals surface area contributed by atoms with Crippen molar-refractivity contribution < 1.29 is 19.1 Å². The molecule has 2 aromatic rings. The molecule has 3 N–H and O–H groups in total. The van der Waals surface area contributed by atoms with Gasteiger partial charge in [0, 0.05) is 16.8 Å². The van der Waals surface area contributed by atoms with Gasteiger partial charge >= 0.3 is 0 Å². The van der Waals surface area contributed by atoms with Crippen LogP contribution in [0.1, 0.15) is 20.7 Å². The zero-order chi connectivity index (χ0) is 15.5. The van der Waals surface area contributed by atoms with Gasteiger partial charge in [0.15, 0.2) is 11.5 Å². The number of nitrogens with two attached hydrogens (primary N) is 1. The lowest BCUT2D eigenvalue weighted by Crippen LogP contribution is -2.17. The van der Waals surface area contributed by atoms with Gasteiger partial charge in [0.25, 0.3) is 5.91 Å². The average Bonchev–Trinajstić information content (AvgIpc) is 2.55. The molecule has 112 valence electrons. The lowest BCUT2D eigenvalue weighted by molar-refractivity contribution is 0.0998. The van der Waals surface area contributed by atoms with E-state index in [4.69, 9.17) is 15.2 Å². The molecule has 0 radical (unpaired) electrons. The van der Waals surface area contributed by atoms with E-state index in [1.54, 1.807) is 42.5 Å². The molecule has 0 aliphatic carbocycles. The molecule has 0 spiro atoms. The second kappa shape index (κ2) is 5.77. The molecular formula is C16H14N2O4. The maximum absolute atomic E-state index is 12.2. The van der Waals surface area contributed by atoms with Gasteiger partial charge in [-0.05, 0) is 42.5 Å². The number of hydrogen-bond donors (Lipinski definition) is 2. The zero-order valence-corrected chi connectivity index (χ0v) is 11.7. The minimum absolute atomic E-state index is 0.274. The zero-order valence-electron chi connectivity index (χ0n) is 11.7. The van der Waals surface area contributed by atoms with Crippen molar-refractivity contribution in [2.45, 2.75) is 0 Å². The van der Waals surface area contributed by atoms with E-state index in [2.05, 4.69) is 5.32 Å². The van der Waals surface area contributed by atoms with Crippen LogP contribution < -0.4 is 20.5 Å². The van der Waals surface area contributed by atoms with Crippen LogP contribution in [0, 0.1) is 0 Å². The maximum atomic E-state index is 12.2. The second-order valence-electron chi connectivity index (χ2n) is 4.75. The fourth-order valence-corrected chi connectivity index (χ4v) is 2.11. The number of primary amides is 1. The second-order valence-corrected chi connectivity index (χ2v) is 4.75. The number of ether oxygens (including phenoxy) is 2. The Labute approximate surface area is 126 Å². The molecule has 0 bridgehead atoms. The Morgan fingerprint density at radius 1 is 0.909 bits per heavy atom. The Balaban J connectivity index is 1.75. The number of carbonyl (C=O) groups is 2. The summed E-state index contributed by atoms with van der Waals surface area (Å²) < 4.78 is 10.9. The Kier molecular flexibility index (Phi) is 3.65.